The van der Waals surface area contributed by atoms with Crippen LogP contribution in [0.5, 0.6) is 5.75 Å². The number of hydrogen-bond acceptors (Lipinski definition) is 9. The molecule has 5 aromatic rings. The van der Waals surface area contributed by atoms with Crippen LogP contribution < -0.4 is 10.1 Å². The minimum Gasteiger partial charge on any atom is -0.489 e. The second-order valence-corrected chi connectivity index (χ2v) is 12.1. The third kappa shape index (κ3) is 6.49. The number of pyridine rings is 1. The van der Waals surface area contributed by atoms with Gasteiger partial charge in [0.2, 0.25) is 5.95 Å². The molecule has 9 nitrogen and oxygen atoms in total. The molecule has 10 heteroatoms. The van der Waals surface area contributed by atoms with Crippen molar-refractivity contribution in [1.29, 1.82) is 0 Å². The lowest BCUT2D eigenvalue weighted by Gasteiger charge is -2.33. The monoisotopic (exact) mass is 580 g/mol. The topological polar surface area (TPSA) is 102 Å². The van der Waals surface area contributed by atoms with Crippen molar-refractivity contribution in [3.05, 3.63) is 78.7 Å². The summed E-state index contributed by atoms with van der Waals surface area (Å²) in [5.41, 5.74) is 4.11. The number of anilines is 2. The molecule has 6 rings (SSSR count). The fraction of sp³-hybridized carbons (Fsp3) is 0.281. The first-order valence-corrected chi connectivity index (χ1v) is 14.8. The Morgan fingerprint density at radius 1 is 1.00 bits per heavy atom. The van der Waals surface area contributed by atoms with Crippen molar-refractivity contribution in [2.24, 2.45) is 0 Å². The molecule has 3 aromatic heterocycles. The summed E-state index contributed by atoms with van der Waals surface area (Å²) >= 11 is 1.56. The van der Waals surface area contributed by atoms with Crippen molar-refractivity contribution in [2.45, 2.75) is 45.3 Å². The molecule has 1 saturated heterocycles. The zero-order valence-corrected chi connectivity index (χ0v) is 24.6. The lowest BCUT2D eigenvalue weighted by molar-refractivity contribution is 0.0127. The molecule has 1 aliphatic heterocycles. The second-order valence-electron chi connectivity index (χ2n) is 11.2. The van der Waals surface area contributed by atoms with Gasteiger partial charge in [0.1, 0.15) is 22.5 Å². The molecule has 0 atom stereocenters. The van der Waals surface area contributed by atoms with E-state index in [9.17, 15) is 4.79 Å². The molecule has 0 radical (unpaired) electrons. The smallest absolute Gasteiger partial charge is 0.410 e. The highest BCUT2D eigenvalue weighted by Crippen LogP contribution is 2.37. The first-order chi connectivity index (χ1) is 20.3. The minimum atomic E-state index is -0.518. The molecular weight excluding hydrogens is 548 g/mol. The van der Waals surface area contributed by atoms with Crippen LogP contribution in [-0.2, 0) is 4.74 Å². The van der Waals surface area contributed by atoms with Crippen LogP contribution in [0.25, 0.3) is 32.6 Å². The van der Waals surface area contributed by atoms with Crippen LogP contribution in [0.15, 0.2) is 78.7 Å². The van der Waals surface area contributed by atoms with Gasteiger partial charge in [0.05, 0.1) is 11.1 Å². The average molecular weight is 581 g/mol. The highest BCUT2D eigenvalue weighted by Gasteiger charge is 2.28. The summed E-state index contributed by atoms with van der Waals surface area (Å²) in [6.45, 7) is 6.79. The van der Waals surface area contributed by atoms with E-state index in [1.54, 1.807) is 28.6 Å². The van der Waals surface area contributed by atoms with Crippen LogP contribution in [0.3, 0.4) is 0 Å². The van der Waals surface area contributed by atoms with Crippen molar-refractivity contribution >= 4 is 40.0 Å². The van der Waals surface area contributed by atoms with Gasteiger partial charge in [0.25, 0.3) is 0 Å². The van der Waals surface area contributed by atoms with E-state index in [1.807, 2.05) is 87.1 Å². The maximum atomic E-state index is 12.5. The molecule has 0 saturated carbocycles. The normalized spacial score (nSPS) is 14.1. The standard InChI is InChI=1S/C32H32N6O3S/c1-32(2,3)41-31(39)38-13-9-25(10-14-38)40-28-18-27-23(17-26(28)29-34-12-15-42-29)20-35-30(37-27)36-24-8-4-6-21(16-24)22-7-5-11-33-19-22/h4-8,11-12,15-20,25H,9-10,13-14H2,1-3H3,(H,35,36,37). The van der Waals surface area contributed by atoms with E-state index in [0.717, 1.165) is 44.0 Å². The number of benzene rings is 2. The zero-order valence-electron chi connectivity index (χ0n) is 23.8. The number of thiazole rings is 1. The number of ether oxygens (including phenoxy) is 2. The zero-order chi connectivity index (χ0) is 29.1. The van der Waals surface area contributed by atoms with E-state index in [0.29, 0.717) is 31.9 Å². The molecule has 4 heterocycles. The van der Waals surface area contributed by atoms with Crippen molar-refractivity contribution in [1.82, 2.24) is 24.8 Å². The van der Waals surface area contributed by atoms with E-state index in [-0.39, 0.29) is 12.2 Å². The van der Waals surface area contributed by atoms with Crippen LogP contribution in [0, 0.1) is 0 Å². The molecule has 214 valence electrons. The first kappa shape index (κ1) is 27.6. The van der Waals surface area contributed by atoms with Crippen molar-refractivity contribution in [3.8, 4) is 27.4 Å². The fourth-order valence-electron chi connectivity index (χ4n) is 4.84. The minimum absolute atomic E-state index is 0.0468. The maximum absolute atomic E-state index is 12.5. The Balaban J connectivity index is 1.23. The Kier molecular flexibility index (Phi) is 7.71. The van der Waals surface area contributed by atoms with Gasteiger partial charge in [0, 0.05) is 78.8 Å². The molecule has 2 aromatic carbocycles. The van der Waals surface area contributed by atoms with Gasteiger partial charge in [-0.1, -0.05) is 18.2 Å². The van der Waals surface area contributed by atoms with Crippen LogP contribution in [0.1, 0.15) is 33.6 Å². The molecule has 0 unspecified atom stereocenters. The summed E-state index contributed by atoms with van der Waals surface area (Å²) in [5.74, 6) is 1.21. The number of piperidine rings is 1. The molecule has 0 aliphatic carbocycles. The molecule has 42 heavy (non-hydrogen) atoms. The van der Waals surface area contributed by atoms with Crippen molar-refractivity contribution < 1.29 is 14.3 Å². The summed E-state index contributed by atoms with van der Waals surface area (Å²) in [7, 11) is 0. The van der Waals surface area contributed by atoms with Crippen molar-refractivity contribution in [2.75, 3.05) is 18.4 Å². The Labute approximate surface area is 248 Å². The molecule has 1 fully saturated rings. The van der Waals surface area contributed by atoms with Gasteiger partial charge in [-0.2, -0.15) is 0 Å². The summed E-state index contributed by atoms with van der Waals surface area (Å²) in [6.07, 6.45) is 8.30. The Hall–Kier alpha value is -4.57. The average Bonchev–Trinajstić information content (AvgIpc) is 3.52. The van der Waals surface area contributed by atoms with Gasteiger partial charge >= 0.3 is 6.09 Å². The number of carbonyl (C=O) groups is 1. The van der Waals surface area contributed by atoms with Gasteiger partial charge in [-0.05, 0) is 50.6 Å². The van der Waals surface area contributed by atoms with E-state index in [4.69, 9.17) is 14.5 Å². The van der Waals surface area contributed by atoms with E-state index in [2.05, 4.69) is 20.3 Å². The number of likely N-dealkylation sites (tertiary alicyclic amines) is 1. The predicted octanol–water partition coefficient (Wildman–Crippen LogP) is 7.34. The number of nitrogens with zero attached hydrogens (tertiary/aromatic N) is 5. The lowest BCUT2D eigenvalue weighted by Crippen LogP contribution is -2.44. The Morgan fingerprint density at radius 3 is 2.57 bits per heavy atom. The largest absolute Gasteiger partial charge is 0.489 e. The van der Waals surface area contributed by atoms with Crippen LogP contribution >= 0.6 is 11.3 Å². The van der Waals surface area contributed by atoms with Gasteiger partial charge in [-0.15, -0.1) is 11.3 Å². The number of amides is 1. The number of rotatable bonds is 6. The number of carbonyl (C=O) groups excluding carboxylic acids is 1. The summed E-state index contributed by atoms with van der Waals surface area (Å²) < 4.78 is 12.1. The highest BCUT2D eigenvalue weighted by molar-refractivity contribution is 7.13. The van der Waals surface area contributed by atoms with Gasteiger partial charge < -0.3 is 19.7 Å². The molecule has 0 spiro atoms. The van der Waals surface area contributed by atoms with Gasteiger partial charge in [0.15, 0.2) is 0 Å². The summed E-state index contributed by atoms with van der Waals surface area (Å²) in [6, 6.07) is 16.0. The van der Waals surface area contributed by atoms with Crippen LogP contribution in [0.4, 0.5) is 16.4 Å². The van der Waals surface area contributed by atoms with Gasteiger partial charge in [-0.3, -0.25) is 4.98 Å². The summed E-state index contributed by atoms with van der Waals surface area (Å²) in [4.78, 5) is 32.4. The van der Waals surface area contributed by atoms with E-state index >= 15 is 0 Å². The van der Waals surface area contributed by atoms with Crippen LogP contribution in [-0.4, -0.2) is 55.7 Å². The molecule has 1 N–H and O–H groups in total. The fourth-order valence-corrected chi connectivity index (χ4v) is 5.50. The Morgan fingerprint density at radius 2 is 1.83 bits per heavy atom. The number of hydrogen-bond donors (Lipinski definition) is 1. The molecule has 0 bridgehead atoms. The highest BCUT2D eigenvalue weighted by atomic mass is 32.1. The number of nitrogens with one attached hydrogen (secondary N) is 1. The van der Waals surface area contributed by atoms with E-state index in [1.165, 1.54) is 0 Å². The molecule has 1 amide bonds. The third-order valence-electron chi connectivity index (χ3n) is 6.84. The third-order valence-corrected chi connectivity index (χ3v) is 7.65. The SMILES string of the molecule is CC(C)(C)OC(=O)N1CCC(Oc2cc3nc(Nc4cccc(-c5cccnc5)c4)ncc3cc2-c2nccs2)CC1. The first-order valence-electron chi connectivity index (χ1n) is 13.9. The van der Waals surface area contributed by atoms with E-state index < -0.39 is 5.60 Å². The summed E-state index contributed by atoms with van der Waals surface area (Å²) in [5, 5.41) is 7.05. The van der Waals surface area contributed by atoms with Gasteiger partial charge in [-0.25, -0.2) is 19.7 Å². The number of fused-ring (bicyclic) bond motifs is 1. The molecule has 1 aliphatic rings. The van der Waals surface area contributed by atoms with Crippen LogP contribution in [0.2, 0.25) is 0 Å². The second kappa shape index (κ2) is 11.7. The quantitative estimate of drug-likeness (QED) is 0.223. The van der Waals surface area contributed by atoms with Crippen molar-refractivity contribution in [3.63, 3.8) is 0 Å². The maximum Gasteiger partial charge on any atom is 0.410 e. The molecular formula is C32H32N6O3S. The number of aromatic nitrogens is 4. The Bertz CT molecular complexity index is 1680. The lowest BCUT2D eigenvalue weighted by atomic mass is 10.1. The predicted molar refractivity (Wildman–Crippen MR) is 165 cm³/mol.